The Morgan fingerprint density at radius 2 is 1.47 bits per heavy atom. The highest BCUT2D eigenvalue weighted by molar-refractivity contribution is 7.90. The predicted octanol–water partition coefficient (Wildman–Crippen LogP) is 4.16. The SMILES string of the molecule is CC1(C)OB(c2ccnc3c2cc(Cc2ccccc2)n3S(=O)(=O)c2ccccc2)OC1(C)C. The molecule has 2 aromatic heterocycles. The average molecular weight is 474 g/mol. The van der Waals surface area contributed by atoms with E-state index in [1.165, 1.54) is 3.97 Å². The van der Waals surface area contributed by atoms with Crippen LogP contribution in [-0.4, -0.2) is 35.7 Å². The average Bonchev–Trinajstić information content (AvgIpc) is 3.28. The molecule has 0 unspecified atom stereocenters. The first-order valence-corrected chi connectivity index (χ1v) is 12.7. The van der Waals surface area contributed by atoms with Crippen LogP contribution in [0.15, 0.2) is 83.9 Å². The molecule has 4 aromatic rings. The fraction of sp³-hybridized carbons (Fsp3) is 0.269. The normalized spacial score (nSPS) is 17.4. The summed E-state index contributed by atoms with van der Waals surface area (Å²) in [5.41, 5.74) is 1.73. The third-order valence-corrected chi connectivity index (χ3v) is 8.54. The van der Waals surface area contributed by atoms with Crippen molar-refractivity contribution in [2.45, 2.75) is 50.2 Å². The summed E-state index contributed by atoms with van der Waals surface area (Å²) < 4.78 is 41.6. The predicted molar refractivity (Wildman–Crippen MR) is 134 cm³/mol. The quantitative estimate of drug-likeness (QED) is 0.407. The molecule has 2 aromatic carbocycles. The molecule has 8 heteroatoms. The number of pyridine rings is 1. The molecule has 6 nitrogen and oxygen atoms in total. The van der Waals surface area contributed by atoms with Crippen LogP contribution in [0.5, 0.6) is 0 Å². The van der Waals surface area contributed by atoms with Gasteiger partial charge in [-0.1, -0.05) is 48.5 Å². The Balaban J connectivity index is 1.72. The number of hydrogen-bond acceptors (Lipinski definition) is 5. The molecule has 0 spiro atoms. The maximum atomic E-state index is 13.8. The summed E-state index contributed by atoms with van der Waals surface area (Å²) in [7, 11) is -4.52. The molecular weight excluding hydrogens is 447 g/mol. The van der Waals surface area contributed by atoms with Gasteiger partial charge >= 0.3 is 7.12 Å². The van der Waals surface area contributed by atoms with E-state index in [2.05, 4.69) is 4.98 Å². The van der Waals surface area contributed by atoms with Crippen molar-refractivity contribution in [3.8, 4) is 0 Å². The zero-order valence-corrected chi connectivity index (χ0v) is 20.5. The minimum absolute atomic E-state index is 0.213. The molecule has 5 rings (SSSR count). The van der Waals surface area contributed by atoms with Gasteiger partial charge < -0.3 is 9.31 Å². The molecule has 174 valence electrons. The molecule has 3 heterocycles. The van der Waals surface area contributed by atoms with Crippen molar-refractivity contribution in [3.05, 3.63) is 90.3 Å². The summed E-state index contributed by atoms with van der Waals surface area (Å²) in [4.78, 5) is 4.73. The summed E-state index contributed by atoms with van der Waals surface area (Å²) in [5.74, 6) is 0. The van der Waals surface area contributed by atoms with E-state index in [1.807, 2.05) is 70.2 Å². The molecule has 0 saturated carbocycles. The monoisotopic (exact) mass is 474 g/mol. The molecule has 1 fully saturated rings. The van der Waals surface area contributed by atoms with Gasteiger partial charge in [0.25, 0.3) is 10.0 Å². The molecule has 0 atom stereocenters. The molecule has 1 saturated heterocycles. The lowest BCUT2D eigenvalue weighted by atomic mass is 9.78. The first-order chi connectivity index (χ1) is 16.1. The van der Waals surface area contributed by atoms with E-state index in [-0.39, 0.29) is 4.90 Å². The van der Waals surface area contributed by atoms with Gasteiger partial charge in [0.1, 0.15) is 0 Å². The van der Waals surface area contributed by atoms with Crippen molar-refractivity contribution in [3.63, 3.8) is 0 Å². The molecular formula is C26H27BN2O4S. The van der Waals surface area contributed by atoms with E-state index in [4.69, 9.17) is 9.31 Å². The molecule has 0 radical (unpaired) electrons. The Labute approximate surface area is 200 Å². The van der Waals surface area contributed by atoms with Crippen LogP contribution >= 0.6 is 0 Å². The number of benzene rings is 2. The Hall–Kier alpha value is -2.94. The van der Waals surface area contributed by atoms with E-state index >= 15 is 0 Å². The summed E-state index contributed by atoms with van der Waals surface area (Å²) in [6.07, 6.45) is 2.05. The fourth-order valence-electron chi connectivity index (χ4n) is 4.22. The van der Waals surface area contributed by atoms with Crippen LogP contribution in [0.3, 0.4) is 0 Å². The molecule has 34 heavy (non-hydrogen) atoms. The van der Waals surface area contributed by atoms with Crippen molar-refractivity contribution in [2.24, 2.45) is 0 Å². The molecule has 0 aliphatic carbocycles. The Kier molecular flexibility index (Phi) is 5.43. The lowest BCUT2D eigenvalue weighted by molar-refractivity contribution is 0.00578. The third-order valence-electron chi connectivity index (χ3n) is 6.78. The van der Waals surface area contributed by atoms with Crippen LogP contribution < -0.4 is 5.46 Å². The van der Waals surface area contributed by atoms with Gasteiger partial charge in [-0.05, 0) is 63.0 Å². The second-order valence-corrected chi connectivity index (χ2v) is 11.4. The number of hydrogen-bond donors (Lipinski definition) is 0. The Morgan fingerprint density at radius 1 is 0.882 bits per heavy atom. The van der Waals surface area contributed by atoms with Crippen molar-refractivity contribution in [1.82, 2.24) is 8.96 Å². The second-order valence-electron chi connectivity index (χ2n) is 9.61. The van der Waals surface area contributed by atoms with E-state index in [1.54, 1.807) is 36.5 Å². The van der Waals surface area contributed by atoms with Gasteiger partial charge in [-0.15, -0.1) is 0 Å². The zero-order valence-electron chi connectivity index (χ0n) is 19.7. The highest BCUT2D eigenvalue weighted by Crippen LogP contribution is 2.37. The van der Waals surface area contributed by atoms with Gasteiger partial charge in [-0.3, -0.25) is 0 Å². The second kappa shape index (κ2) is 8.08. The highest BCUT2D eigenvalue weighted by Gasteiger charge is 2.52. The van der Waals surface area contributed by atoms with Crippen LogP contribution in [0.25, 0.3) is 11.0 Å². The third kappa shape index (κ3) is 3.76. The molecule has 0 N–H and O–H groups in total. The van der Waals surface area contributed by atoms with E-state index in [9.17, 15) is 8.42 Å². The Bertz CT molecular complexity index is 1430. The van der Waals surface area contributed by atoms with Crippen LogP contribution in [0.2, 0.25) is 0 Å². The number of fused-ring (bicyclic) bond motifs is 1. The van der Waals surface area contributed by atoms with Crippen molar-refractivity contribution in [1.29, 1.82) is 0 Å². The molecule has 1 aliphatic heterocycles. The minimum atomic E-state index is -3.89. The van der Waals surface area contributed by atoms with Gasteiger partial charge in [0.2, 0.25) is 0 Å². The van der Waals surface area contributed by atoms with E-state index in [0.717, 1.165) is 11.0 Å². The lowest BCUT2D eigenvalue weighted by Gasteiger charge is -2.32. The summed E-state index contributed by atoms with van der Waals surface area (Å²) in [6.45, 7) is 7.99. The lowest BCUT2D eigenvalue weighted by Crippen LogP contribution is -2.41. The molecule has 1 aliphatic rings. The highest BCUT2D eigenvalue weighted by atomic mass is 32.2. The van der Waals surface area contributed by atoms with Crippen molar-refractivity contribution < 1.29 is 17.7 Å². The topological polar surface area (TPSA) is 70.4 Å². The van der Waals surface area contributed by atoms with E-state index < -0.39 is 28.3 Å². The fourth-order valence-corrected chi connectivity index (χ4v) is 5.73. The molecule has 0 bridgehead atoms. The van der Waals surface area contributed by atoms with Gasteiger partial charge in [0.15, 0.2) is 5.65 Å². The number of rotatable bonds is 5. The van der Waals surface area contributed by atoms with Gasteiger partial charge in [-0.2, -0.15) is 0 Å². The van der Waals surface area contributed by atoms with E-state index in [0.29, 0.717) is 23.1 Å². The summed E-state index contributed by atoms with van der Waals surface area (Å²) in [5, 5.41) is 0.700. The van der Waals surface area contributed by atoms with Crippen LogP contribution in [-0.2, 0) is 25.8 Å². The van der Waals surface area contributed by atoms with Crippen LogP contribution in [0.1, 0.15) is 39.0 Å². The van der Waals surface area contributed by atoms with Crippen molar-refractivity contribution >= 4 is 33.6 Å². The van der Waals surface area contributed by atoms with Crippen LogP contribution in [0, 0.1) is 0 Å². The zero-order chi connectivity index (χ0) is 24.1. The smallest absolute Gasteiger partial charge is 0.399 e. The van der Waals surface area contributed by atoms with Crippen LogP contribution in [0.4, 0.5) is 0 Å². The maximum absolute atomic E-state index is 13.8. The first kappa shape index (κ1) is 22.8. The van der Waals surface area contributed by atoms with Gasteiger partial charge in [0.05, 0.1) is 16.1 Å². The summed E-state index contributed by atoms with van der Waals surface area (Å²) >= 11 is 0. The maximum Gasteiger partial charge on any atom is 0.495 e. The standard InChI is InChI=1S/C26H27BN2O4S/c1-25(2)26(3,4)33-27(32-25)23-15-16-28-24-22(23)18-20(17-19-11-7-5-8-12-19)29(24)34(30,31)21-13-9-6-10-14-21/h5-16,18H,17H2,1-4H3. The molecule has 0 amide bonds. The number of nitrogens with zero attached hydrogens (tertiary/aromatic N) is 2. The first-order valence-electron chi connectivity index (χ1n) is 11.3. The number of aromatic nitrogens is 2. The van der Waals surface area contributed by atoms with Crippen molar-refractivity contribution in [2.75, 3.05) is 0 Å². The summed E-state index contributed by atoms with van der Waals surface area (Å²) in [6, 6.07) is 22.0. The Morgan fingerprint density at radius 3 is 2.09 bits per heavy atom. The van der Waals surface area contributed by atoms with Gasteiger partial charge in [0, 0.05) is 23.7 Å². The largest absolute Gasteiger partial charge is 0.495 e. The van der Waals surface area contributed by atoms with Gasteiger partial charge in [-0.25, -0.2) is 17.4 Å². The minimum Gasteiger partial charge on any atom is -0.399 e.